The number of hydrogen-bond acceptors (Lipinski definition) is 2. The van der Waals surface area contributed by atoms with Crippen LogP contribution < -0.4 is 5.73 Å². The van der Waals surface area contributed by atoms with Gasteiger partial charge in [-0.15, -0.1) is 0 Å². The third-order valence-electron chi connectivity index (χ3n) is 1.99. The number of primary amides is 1. The van der Waals surface area contributed by atoms with Crippen LogP contribution in [-0.2, 0) is 9.59 Å². The molecule has 1 amide bonds. The molecule has 0 bridgehead atoms. The van der Waals surface area contributed by atoms with E-state index in [-0.39, 0.29) is 0 Å². The SMILES string of the molecule is CCCCCCC(C(N)=O)C(=O)O. The van der Waals surface area contributed by atoms with Crippen molar-refractivity contribution < 1.29 is 14.7 Å². The van der Waals surface area contributed by atoms with Crippen LogP contribution in [0, 0.1) is 5.92 Å². The van der Waals surface area contributed by atoms with E-state index in [1.54, 1.807) is 0 Å². The lowest BCUT2D eigenvalue weighted by Crippen LogP contribution is -2.30. The molecular formula is C9H17NO3. The van der Waals surface area contributed by atoms with Crippen molar-refractivity contribution in [3.05, 3.63) is 0 Å². The summed E-state index contributed by atoms with van der Waals surface area (Å²) in [6, 6.07) is 0. The summed E-state index contributed by atoms with van der Waals surface area (Å²) in [5.74, 6) is -2.84. The monoisotopic (exact) mass is 187 g/mol. The van der Waals surface area contributed by atoms with Crippen LogP contribution in [-0.4, -0.2) is 17.0 Å². The smallest absolute Gasteiger partial charge is 0.316 e. The fraction of sp³-hybridized carbons (Fsp3) is 0.778. The van der Waals surface area contributed by atoms with E-state index in [4.69, 9.17) is 10.8 Å². The van der Waals surface area contributed by atoms with Crippen molar-refractivity contribution in [1.29, 1.82) is 0 Å². The van der Waals surface area contributed by atoms with E-state index < -0.39 is 17.8 Å². The highest BCUT2D eigenvalue weighted by atomic mass is 16.4. The van der Waals surface area contributed by atoms with E-state index in [0.29, 0.717) is 6.42 Å². The molecule has 0 aliphatic rings. The number of carbonyl (C=O) groups is 2. The highest BCUT2D eigenvalue weighted by Crippen LogP contribution is 2.10. The van der Waals surface area contributed by atoms with Gasteiger partial charge in [0, 0.05) is 0 Å². The largest absolute Gasteiger partial charge is 0.481 e. The molecule has 0 heterocycles. The van der Waals surface area contributed by atoms with E-state index in [0.717, 1.165) is 25.7 Å². The summed E-state index contributed by atoms with van der Waals surface area (Å²) in [5.41, 5.74) is 4.93. The zero-order valence-electron chi connectivity index (χ0n) is 7.95. The topological polar surface area (TPSA) is 80.4 Å². The lowest BCUT2D eigenvalue weighted by molar-refractivity contribution is -0.146. The van der Waals surface area contributed by atoms with Crippen LogP contribution in [0.5, 0.6) is 0 Å². The molecule has 0 aromatic rings. The summed E-state index contributed by atoms with van der Waals surface area (Å²) >= 11 is 0. The fourth-order valence-corrected chi connectivity index (χ4v) is 1.16. The Balaban J connectivity index is 3.71. The Labute approximate surface area is 78.1 Å². The quantitative estimate of drug-likeness (QED) is 0.463. The summed E-state index contributed by atoms with van der Waals surface area (Å²) < 4.78 is 0. The highest BCUT2D eigenvalue weighted by Gasteiger charge is 2.22. The lowest BCUT2D eigenvalue weighted by atomic mass is 10.0. The number of hydrogen-bond donors (Lipinski definition) is 2. The number of amides is 1. The number of aliphatic carboxylic acids is 1. The molecule has 0 aliphatic heterocycles. The first-order valence-corrected chi connectivity index (χ1v) is 4.61. The average molecular weight is 187 g/mol. The number of carbonyl (C=O) groups excluding carboxylic acids is 1. The number of unbranched alkanes of at least 4 members (excludes halogenated alkanes) is 3. The summed E-state index contributed by atoms with van der Waals surface area (Å²) in [4.78, 5) is 21.1. The second kappa shape index (κ2) is 6.46. The maximum absolute atomic E-state index is 10.6. The van der Waals surface area contributed by atoms with Crippen molar-refractivity contribution >= 4 is 11.9 Å². The van der Waals surface area contributed by atoms with E-state index in [2.05, 4.69) is 6.92 Å². The Bertz CT molecular complexity index is 166. The molecule has 0 spiro atoms. The number of nitrogens with two attached hydrogens (primary N) is 1. The van der Waals surface area contributed by atoms with Gasteiger partial charge in [-0.2, -0.15) is 0 Å². The number of carboxylic acid groups (broad SMARTS) is 1. The molecule has 0 saturated heterocycles. The minimum atomic E-state index is -1.11. The molecule has 1 unspecified atom stereocenters. The van der Waals surface area contributed by atoms with Gasteiger partial charge >= 0.3 is 5.97 Å². The second-order valence-electron chi connectivity index (χ2n) is 3.14. The standard InChI is InChI=1S/C9H17NO3/c1-2-3-4-5-6-7(8(10)11)9(12)13/h7H,2-6H2,1H3,(H2,10,11)(H,12,13). The molecular weight excluding hydrogens is 170 g/mol. The highest BCUT2D eigenvalue weighted by molar-refractivity contribution is 5.95. The molecule has 0 aromatic carbocycles. The van der Waals surface area contributed by atoms with Gasteiger partial charge in [0.1, 0.15) is 5.92 Å². The molecule has 0 radical (unpaired) electrons. The first-order chi connectivity index (χ1) is 6.09. The van der Waals surface area contributed by atoms with Gasteiger partial charge in [0.15, 0.2) is 0 Å². The number of rotatable bonds is 7. The van der Waals surface area contributed by atoms with Gasteiger partial charge in [-0.25, -0.2) is 0 Å². The van der Waals surface area contributed by atoms with Crippen molar-refractivity contribution in [3.63, 3.8) is 0 Å². The van der Waals surface area contributed by atoms with Crippen LogP contribution >= 0.6 is 0 Å². The second-order valence-corrected chi connectivity index (χ2v) is 3.14. The van der Waals surface area contributed by atoms with Crippen LogP contribution in [0.1, 0.15) is 39.0 Å². The normalized spacial score (nSPS) is 12.4. The molecule has 0 saturated carbocycles. The zero-order valence-corrected chi connectivity index (χ0v) is 7.95. The average Bonchev–Trinajstić information content (AvgIpc) is 2.02. The van der Waals surface area contributed by atoms with Crippen LogP contribution in [0.15, 0.2) is 0 Å². The Morgan fingerprint density at radius 3 is 2.31 bits per heavy atom. The zero-order chi connectivity index (χ0) is 10.3. The summed E-state index contributed by atoms with van der Waals surface area (Å²) in [5, 5.41) is 8.60. The molecule has 0 aliphatic carbocycles. The van der Waals surface area contributed by atoms with Crippen molar-refractivity contribution in [2.75, 3.05) is 0 Å². The van der Waals surface area contributed by atoms with Gasteiger partial charge in [-0.05, 0) is 6.42 Å². The third kappa shape index (κ3) is 5.22. The molecule has 0 rings (SSSR count). The Kier molecular flexibility index (Phi) is 5.93. The molecule has 0 fully saturated rings. The van der Waals surface area contributed by atoms with Crippen LogP contribution in [0.4, 0.5) is 0 Å². The minimum Gasteiger partial charge on any atom is -0.481 e. The van der Waals surface area contributed by atoms with E-state index >= 15 is 0 Å². The minimum absolute atomic E-state index is 0.366. The van der Waals surface area contributed by atoms with Gasteiger partial charge < -0.3 is 10.8 Å². The Hall–Kier alpha value is -1.06. The van der Waals surface area contributed by atoms with Crippen molar-refractivity contribution in [3.8, 4) is 0 Å². The maximum Gasteiger partial charge on any atom is 0.316 e. The van der Waals surface area contributed by atoms with Crippen LogP contribution in [0.25, 0.3) is 0 Å². The molecule has 3 N–H and O–H groups in total. The Morgan fingerprint density at radius 1 is 1.31 bits per heavy atom. The fourth-order valence-electron chi connectivity index (χ4n) is 1.16. The molecule has 13 heavy (non-hydrogen) atoms. The summed E-state index contributed by atoms with van der Waals surface area (Å²) in [6.07, 6.45) is 4.26. The van der Waals surface area contributed by atoms with Crippen molar-refractivity contribution in [1.82, 2.24) is 0 Å². The molecule has 1 atom stereocenters. The Morgan fingerprint density at radius 2 is 1.92 bits per heavy atom. The van der Waals surface area contributed by atoms with Gasteiger partial charge in [0.2, 0.25) is 5.91 Å². The predicted molar refractivity (Wildman–Crippen MR) is 49.1 cm³/mol. The van der Waals surface area contributed by atoms with Crippen LogP contribution in [0.3, 0.4) is 0 Å². The molecule has 4 heteroatoms. The molecule has 0 aromatic heterocycles. The number of carboxylic acids is 1. The third-order valence-corrected chi connectivity index (χ3v) is 1.99. The lowest BCUT2D eigenvalue weighted by Gasteiger charge is -2.06. The van der Waals surface area contributed by atoms with Gasteiger partial charge in [-0.3, -0.25) is 9.59 Å². The van der Waals surface area contributed by atoms with Gasteiger partial charge in [0.05, 0.1) is 0 Å². The van der Waals surface area contributed by atoms with Crippen molar-refractivity contribution in [2.45, 2.75) is 39.0 Å². The molecule has 76 valence electrons. The van der Waals surface area contributed by atoms with Crippen LogP contribution in [0.2, 0.25) is 0 Å². The first kappa shape index (κ1) is 11.9. The predicted octanol–water partition coefficient (Wildman–Crippen LogP) is 1.14. The van der Waals surface area contributed by atoms with E-state index in [1.807, 2.05) is 0 Å². The van der Waals surface area contributed by atoms with Crippen molar-refractivity contribution in [2.24, 2.45) is 11.7 Å². The van der Waals surface area contributed by atoms with Gasteiger partial charge in [-0.1, -0.05) is 32.6 Å². The summed E-state index contributed by atoms with van der Waals surface area (Å²) in [6.45, 7) is 2.07. The van der Waals surface area contributed by atoms with E-state index in [9.17, 15) is 9.59 Å². The summed E-state index contributed by atoms with van der Waals surface area (Å²) in [7, 11) is 0. The molecule has 4 nitrogen and oxygen atoms in total. The first-order valence-electron chi connectivity index (χ1n) is 4.61. The van der Waals surface area contributed by atoms with E-state index in [1.165, 1.54) is 0 Å². The maximum atomic E-state index is 10.6. The van der Waals surface area contributed by atoms with Gasteiger partial charge in [0.25, 0.3) is 0 Å².